The van der Waals surface area contributed by atoms with Crippen molar-refractivity contribution in [1.82, 2.24) is 9.78 Å². The Labute approximate surface area is 104 Å². The zero-order valence-corrected chi connectivity index (χ0v) is 10.0. The summed E-state index contributed by atoms with van der Waals surface area (Å²) in [5, 5.41) is 4.74. The van der Waals surface area contributed by atoms with E-state index in [2.05, 4.69) is 5.10 Å². The Morgan fingerprint density at radius 2 is 2.06 bits per heavy atom. The third kappa shape index (κ3) is 2.59. The van der Waals surface area contributed by atoms with Crippen LogP contribution < -0.4 is 5.73 Å². The van der Waals surface area contributed by atoms with Gasteiger partial charge in [-0.25, -0.2) is 0 Å². The molecule has 0 aliphatic heterocycles. The van der Waals surface area contributed by atoms with Gasteiger partial charge in [-0.3, -0.25) is 4.68 Å². The molecule has 0 bridgehead atoms. The van der Waals surface area contributed by atoms with Crippen molar-refractivity contribution >= 4 is 28.8 Å². The van der Waals surface area contributed by atoms with Gasteiger partial charge in [-0.1, -0.05) is 48.1 Å². The molecule has 0 unspecified atom stereocenters. The number of halogens is 1. The molecule has 0 aliphatic rings. The molecule has 0 radical (unpaired) electrons. The monoisotopic (exact) mass is 251 g/mol. The number of hydrogen-bond donors (Lipinski definition) is 1. The average molecular weight is 252 g/mol. The van der Waals surface area contributed by atoms with E-state index in [0.717, 1.165) is 11.1 Å². The molecule has 0 aliphatic carbocycles. The number of aromatic nitrogens is 2. The quantitative estimate of drug-likeness (QED) is 0.851. The standard InChI is InChI=1S/C11H10ClN3S/c12-10-5-14-15(7-10)6-8-1-3-9(4-2-8)11(13)16/h1-5,7H,6H2,(H2,13,16). The van der Waals surface area contributed by atoms with Crippen LogP contribution in [0.5, 0.6) is 0 Å². The Hall–Kier alpha value is -1.39. The summed E-state index contributed by atoms with van der Waals surface area (Å²) < 4.78 is 1.78. The molecule has 1 heterocycles. The molecular weight excluding hydrogens is 242 g/mol. The van der Waals surface area contributed by atoms with Gasteiger partial charge >= 0.3 is 0 Å². The highest BCUT2D eigenvalue weighted by atomic mass is 35.5. The average Bonchev–Trinajstić information content (AvgIpc) is 2.65. The van der Waals surface area contributed by atoms with E-state index in [0.29, 0.717) is 16.6 Å². The van der Waals surface area contributed by atoms with E-state index in [9.17, 15) is 0 Å². The summed E-state index contributed by atoms with van der Waals surface area (Å²) in [6.07, 6.45) is 3.40. The molecule has 0 saturated heterocycles. The van der Waals surface area contributed by atoms with Crippen molar-refractivity contribution in [2.24, 2.45) is 5.73 Å². The van der Waals surface area contributed by atoms with Gasteiger partial charge in [0.1, 0.15) is 4.99 Å². The minimum absolute atomic E-state index is 0.411. The Bertz CT molecular complexity index is 504. The van der Waals surface area contributed by atoms with E-state index in [1.54, 1.807) is 17.1 Å². The Morgan fingerprint density at radius 1 is 1.38 bits per heavy atom. The van der Waals surface area contributed by atoms with Crippen LogP contribution in [-0.4, -0.2) is 14.8 Å². The summed E-state index contributed by atoms with van der Waals surface area (Å²) in [5.41, 5.74) is 7.51. The molecule has 0 fully saturated rings. The Morgan fingerprint density at radius 3 is 2.56 bits per heavy atom. The molecule has 0 amide bonds. The summed E-state index contributed by atoms with van der Waals surface area (Å²) in [7, 11) is 0. The summed E-state index contributed by atoms with van der Waals surface area (Å²) >= 11 is 10.7. The van der Waals surface area contributed by atoms with Crippen LogP contribution in [0.3, 0.4) is 0 Å². The summed E-state index contributed by atoms with van der Waals surface area (Å²) in [4.78, 5) is 0.411. The van der Waals surface area contributed by atoms with Crippen LogP contribution in [0.4, 0.5) is 0 Å². The molecule has 1 aromatic carbocycles. The van der Waals surface area contributed by atoms with Crippen LogP contribution in [-0.2, 0) is 6.54 Å². The Kier molecular flexibility index (Phi) is 3.22. The third-order valence-electron chi connectivity index (χ3n) is 2.18. The first-order valence-corrected chi connectivity index (χ1v) is 5.50. The van der Waals surface area contributed by atoms with Crippen LogP contribution in [0.1, 0.15) is 11.1 Å². The van der Waals surface area contributed by atoms with E-state index in [1.165, 1.54) is 0 Å². The van der Waals surface area contributed by atoms with Crippen molar-refractivity contribution in [1.29, 1.82) is 0 Å². The molecule has 3 nitrogen and oxygen atoms in total. The SMILES string of the molecule is NC(=S)c1ccc(Cn2cc(Cl)cn2)cc1. The normalized spacial score (nSPS) is 10.3. The largest absolute Gasteiger partial charge is 0.389 e. The first-order chi connectivity index (χ1) is 7.65. The van der Waals surface area contributed by atoms with Gasteiger partial charge in [-0.05, 0) is 5.56 Å². The number of nitrogens with zero attached hydrogens (tertiary/aromatic N) is 2. The second-order valence-electron chi connectivity index (χ2n) is 3.42. The van der Waals surface area contributed by atoms with Gasteiger partial charge in [-0.15, -0.1) is 0 Å². The topological polar surface area (TPSA) is 43.8 Å². The second-order valence-corrected chi connectivity index (χ2v) is 4.29. The van der Waals surface area contributed by atoms with E-state index in [4.69, 9.17) is 29.6 Å². The van der Waals surface area contributed by atoms with E-state index < -0.39 is 0 Å². The fourth-order valence-corrected chi connectivity index (χ4v) is 1.68. The number of benzene rings is 1. The molecule has 82 valence electrons. The van der Waals surface area contributed by atoms with E-state index in [1.807, 2.05) is 24.3 Å². The zero-order chi connectivity index (χ0) is 11.5. The predicted octanol–water partition coefficient (Wildman–Crippen LogP) is 2.22. The number of thiocarbonyl (C=S) groups is 1. The van der Waals surface area contributed by atoms with Gasteiger partial charge in [-0.2, -0.15) is 5.10 Å². The molecule has 0 spiro atoms. The molecule has 0 atom stereocenters. The minimum atomic E-state index is 0.411. The maximum Gasteiger partial charge on any atom is 0.103 e. The second kappa shape index (κ2) is 4.63. The van der Waals surface area contributed by atoms with Crippen molar-refractivity contribution < 1.29 is 0 Å². The van der Waals surface area contributed by atoms with Crippen LogP contribution >= 0.6 is 23.8 Å². The molecule has 5 heteroatoms. The van der Waals surface area contributed by atoms with Crippen molar-refractivity contribution in [3.05, 3.63) is 52.8 Å². The van der Waals surface area contributed by atoms with Crippen LogP contribution in [0.2, 0.25) is 5.02 Å². The highest BCUT2D eigenvalue weighted by molar-refractivity contribution is 7.80. The lowest BCUT2D eigenvalue weighted by molar-refractivity contribution is 0.687. The molecule has 1 aromatic heterocycles. The highest BCUT2D eigenvalue weighted by Gasteiger charge is 1.99. The smallest absolute Gasteiger partial charge is 0.103 e. The van der Waals surface area contributed by atoms with Crippen molar-refractivity contribution in [2.45, 2.75) is 6.54 Å². The summed E-state index contributed by atoms with van der Waals surface area (Å²) in [6, 6.07) is 7.76. The maximum absolute atomic E-state index is 5.78. The molecule has 16 heavy (non-hydrogen) atoms. The molecular formula is C11H10ClN3S. The number of rotatable bonds is 3. The van der Waals surface area contributed by atoms with Crippen LogP contribution in [0.25, 0.3) is 0 Å². The van der Waals surface area contributed by atoms with Gasteiger partial charge in [0, 0.05) is 11.8 Å². The third-order valence-corrected chi connectivity index (χ3v) is 2.62. The van der Waals surface area contributed by atoms with Crippen LogP contribution in [0.15, 0.2) is 36.7 Å². The first-order valence-electron chi connectivity index (χ1n) is 4.72. The van der Waals surface area contributed by atoms with Crippen LogP contribution in [0, 0.1) is 0 Å². The maximum atomic E-state index is 5.78. The number of hydrogen-bond acceptors (Lipinski definition) is 2. The van der Waals surface area contributed by atoms with Gasteiger partial charge in [0.15, 0.2) is 0 Å². The molecule has 2 rings (SSSR count). The zero-order valence-electron chi connectivity index (χ0n) is 8.43. The van der Waals surface area contributed by atoms with Gasteiger partial charge in [0.25, 0.3) is 0 Å². The van der Waals surface area contributed by atoms with Gasteiger partial charge < -0.3 is 5.73 Å². The lowest BCUT2D eigenvalue weighted by atomic mass is 10.1. The predicted molar refractivity (Wildman–Crippen MR) is 68.7 cm³/mol. The van der Waals surface area contributed by atoms with Crippen molar-refractivity contribution in [3.8, 4) is 0 Å². The van der Waals surface area contributed by atoms with E-state index >= 15 is 0 Å². The fourth-order valence-electron chi connectivity index (χ4n) is 1.39. The van der Waals surface area contributed by atoms with Gasteiger partial charge in [0.05, 0.1) is 17.8 Å². The summed E-state index contributed by atoms with van der Waals surface area (Å²) in [5.74, 6) is 0. The van der Waals surface area contributed by atoms with Crippen molar-refractivity contribution in [3.63, 3.8) is 0 Å². The fraction of sp³-hybridized carbons (Fsp3) is 0.0909. The lowest BCUT2D eigenvalue weighted by Crippen LogP contribution is -2.09. The van der Waals surface area contributed by atoms with E-state index in [-0.39, 0.29) is 0 Å². The molecule has 0 saturated carbocycles. The van der Waals surface area contributed by atoms with Crippen molar-refractivity contribution in [2.75, 3.05) is 0 Å². The number of nitrogens with two attached hydrogens (primary N) is 1. The highest BCUT2D eigenvalue weighted by Crippen LogP contribution is 2.09. The first kappa shape index (κ1) is 11.1. The minimum Gasteiger partial charge on any atom is -0.389 e. The summed E-state index contributed by atoms with van der Waals surface area (Å²) in [6.45, 7) is 0.685. The lowest BCUT2D eigenvalue weighted by Gasteiger charge is -2.03. The molecule has 2 N–H and O–H groups in total. The Balaban J connectivity index is 2.14. The van der Waals surface area contributed by atoms with Gasteiger partial charge in [0.2, 0.25) is 0 Å². The molecule has 2 aromatic rings.